The Kier molecular flexibility index (Phi) is 5.34. The molecule has 0 aromatic carbocycles. The summed E-state index contributed by atoms with van der Waals surface area (Å²) in [6, 6.07) is 3.31. The van der Waals surface area contributed by atoms with Crippen molar-refractivity contribution in [2.75, 3.05) is 14.1 Å². The van der Waals surface area contributed by atoms with Crippen molar-refractivity contribution in [2.45, 2.75) is 37.9 Å². The largest absolute Gasteiger partial charge is 0.351 e. The van der Waals surface area contributed by atoms with E-state index in [4.69, 9.17) is 0 Å². The molecule has 0 atom stereocenters. The number of nitrogens with zero attached hydrogens (tertiary/aromatic N) is 1. The molecular formula is C13H22N2O3S2. The van der Waals surface area contributed by atoms with Gasteiger partial charge in [-0.25, -0.2) is 12.7 Å². The molecule has 0 unspecified atom stereocenters. The quantitative estimate of drug-likeness (QED) is 0.903. The van der Waals surface area contributed by atoms with Crippen LogP contribution in [0.3, 0.4) is 0 Å². The summed E-state index contributed by atoms with van der Waals surface area (Å²) in [7, 11) is -0.385. The SMILES string of the molecule is CN(C)S(=O)(=O)c1ccc(CNC(=O)CC(C)(C)C)s1. The fourth-order valence-corrected chi connectivity index (χ4v) is 3.97. The maximum absolute atomic E-state index is 11.9. The first kappa shape index (κ1) is 17.1. The van der Waals surface area contributed by atoms with Crippen molar-refractivity contribution in [2.24, 2.45) is 5.41 Å². The number of carbonyl (C=O) groups excluding carboxylic acids is 1. The predicted octanol–water partition coefficient (Wildman–Crippen LogP) is 2.05. The van der Waals surface area contributed by atoms with Crippen molar-refractivity contribution in [1.82, 2.24) is 9.62 Å². The number of sulfonamides is 1. The molecule has 1 aromatic heterocycles. The van der Waals surface area contributed by atoms with Crippen LogP contribution in [-0.4, -0.2) is 32.7 Å². The van der Waals surface area contributed by atoms with E-state index in [-0.39, 0.29) is 11.3 Å². The highest BCUT2D eigenvalue weighted by atomic mass is 32.2. The number of thiophene rings is 1. The molecule has 1 amide bonds. The van der Waals surface area contributed by atoms with Gasteiger partial charge in [0.15, 0.2) is 0 Å². The van der Waals surface area contributed by atoms with E-state index in [1.165, 1.54) is 29.7 Å². The molecule has 1 aromatic rings. The van der Waals surface area contributed by atoms with Gasteiger partial charge in [-0.1, -0.05) is 20.8 Å². The first-order valence-corrected chi connectivity index (χ1v) is 8.56. The minimum Gasteiger partial charge on any atom is -0.351 e. The Hall–Kier alpha value is -0.920. The fraction of sp³-hybridized carbons (Fsp3) is 0.615. The van der Waals surface area contributed by atoms with E-state index in [9.17, 15) is 13.2 Å². The normalized spacial score (nSPS) is 12.7. The van der Waals surface area contributed by atoms with Crippen LogP contribution in [0.15, 0.2) is 16.3 Å². The van der Waals surface area contributed by atoms with Crippen LogP contribution in [0.5, 0.6) is 0 Å². The molecule has 1 N–H and O–H groups in total. The van der Waals surface area contributed by atoms with Crippen LogP contribution in [-0.2, 0) is 21.4 Å². The average molecular weight is 318 g/mol. The predicted molar refractivity (Wildman–Crippen MR) is 81.1 cm³/mol. The average Bonchev–Trinajstić information content (AvgIpc) is 2.72. The third kappa shape index (κ3) is 4.88. The highest BCUT2D eigenvalue weighted by molar-refractivity contribution is 7.91. The maximum Gasteiger partial charge on any atom is 0.252 e. The van der Waals surface area contributed by atoms with E-state index in [1.54, 1.807) is 12.1 Å². The molecule has 0 bridgehead atoms. The summed E-state index contributed by atoms with van der Waals surface area (Å²) in [5.74, 6) is -0.0251. The van der Waals surface area contributed by atoms with Crippen molar-refractivity contribution in [1.29, 1.82) is 0 Å². The molecule has 0 saturated carbocycles. The zero-order chi connectivity index (χ0) is 15.6. The van der Waals surface area contributed by atoms with Gasteiger partial charge in [0.05, 0.1) is 6.54 Å². The molecule has 1 rings (SSSR count). The summed E-state index contributed by atoms with van der Waals surface area (Å²) in [5.41, 5.74) is -0.0566. The van der Waals surface area contributed by atoms with Crippen LogP contribution in [0.25, 0.3) is 0 Å². The second-order valence-corrected chi connectivity index (χ2v) is 9.57. The summed E-state index contributed by atoms with van der Waals surface area (Å²) in [6.45, 7) is 6.36. The molecule has 114 valence electrons. The van der Waals surface area contributed by atoms with Gasteiger partial charge in [0.2, 0.25) is 5.91 Å². The van der Waals surface area contributed by atoms with Gasteiger partial charge in [0, 0.05) is 25.4 Å². The number of nitrogens with one attached hydrogen (secondary N) is 1. The highest BCUT2D eigenvalue weighted by Crippen LogP contribution is 2.24. The van der Waals surface area contributed by atoms with Gasteiger partial charge < -0.3 is 5.32 Å². The molecule has 0 radical (unpaired) electrons. The van der Waals surface area contributed by atoms with Gasteiger partial charge >= 0.3 is 0 Å². The lowest BCUT2D eigenvalue weighted by Gasteiger charge is -2.16. The standard InChI is InChI=1S/C13H22N2O3S2/c1-13(2,3)8-11(16)14-9-10-6-7-12(19-10)20(17,18)15(4)5/h6-7H,8-9H2,1-5H3,(H,14,16). The first-order valence-electron chi connectivity index (χ1n) is 6.30. The van der Waals surface area contributed by atoms with Gasteiger partial charge in [-0.3, -0.25) is 4.79 Å². The molecule has 20 heavy (non-hydrogen) atoms. The maximum atomic E-state index is 11.9. The Morgan fingerprint density at radius 3 is 2.40 bits per heavy atom. The van der Waals surface area contributed by atoms with Crippen molar-refractivity contribution in [3.63, 3.8) is 0 Å². The number of rotatable bonds is 5. The zero-order valence-corrected chi connectivity index (χ0v) is 14.2. The molecule has 5 nitrogen and oxygen atoms in total. The Labute approximate surface area is 125 Å². The lowest BCUT2D eigenvalue weighted by atomic mass is 9.92. The van der Waals surface area contributed by atoms with Crippen molar-refractivity contribution < 1.29 is 13.2 Å². The van der Waals surface area contributed by atoms with E-state index in [0.717, 1.165) is 4.88 Å². The van der Waals surface area contributed by atoms with Gasteiger partial charge in [-0.15, -0.1) is 11.3 Å². The van der Waals surface area contributed by atoms with Crippen LogP contribution < -0.4 is 5.32 Å². The fourth-order valence-electron chi connectivity index (χ4n) is 1.50. The van der Waals surface area contributed by atoms with Gasteiger partial charge in [-0.05, 0) is 17.5 Å². The van der Waals surface area contributed by atoms with Crippen LogP contribution >= 0.6 is 11.3 Å². The summed E-state index contributed by atoms with van der Waals surface area (Å²) >= 11 is 1.18. The Bertz CT molecular complexity index is 569. The molecule has 0 saturated heterocycles. The monoisotopic (exact) mass is 318 g/mol. The minimum atomic E-state index is -3.38. The minimum absolute atomic E-state index is 0.0251. The first-order chi connectivity index (χ1) is 9.02. The topological polar surface area (TPSA) is 66.5 Å². The van der Waals surface area contributed by atoms with Crippen LogP contribution in [0.4, 0.5) is 0 Å². The van der Waals surface area contributed by atoms with Gasteiger partial charge in [0.25, 0.3) is 10.0 Å². The van der Waals surface area contributed by atoms with E-state index in [2.05, 4.69) is 5.32 Å². The molecule has 1 heterocycles. The summed E-state index contributed by atoms with van der Waals surface area (Å²) in [5, 5.41) is 2.81. The summed E-state index contributed by atoms with van der Waals surface area (Å²) in [6.07, 6.45) is 0.446. The number of hydrogen-bond acceptors (Lipinski definition) is 4. The van der Waals surface area contributed by atoms with Crippen LogP contribution in [0, 0.1) is 5.41 Å². The second kappa shape index (κ2) is 6.24. The Morgan fingerprint density at radius 1 is 1.30 bits per heavy atom. The van der Waals surface area contributed by atoms with E-state index in [0.29, 0.717) is 17.2 Å². The van der Waals surface area contributed by atoms with Crippen molar-refractivity contribution in [3.8, 4) is 0 Å². The third-order valence-electron chi connectivity index (χ3n) is 2.52. The van der Waals surface area contributed by atoms with Crippen LogP contribution in [0.1, 0.15) is 32.1 Å². The molecule has 0 fully saturated rings. The number of amides is 1. The molecule has 0 spiro atoms. The summed E-state index contributed by atoms with van der Waals surface area (Å²) < 4.78 is 25.3. The van der Waals surface area contributed by atoms with E-state index in [1.807, 2.05) is 20.8 Å². The molecule has 0 aliphatic heterocycles. The number of hydrogen-bond donors (Lipinski definition) is 1. The molecular weight excluding hydrogens is 296 g/mol. The molecule has 7 heteroatoms. The number of carbonyl (C=O) groups is 1. The highest BCUT2D eigenvalue weighted by Gasteiger charge is 2.20. The zero-order valence-electron chi connectivity index (χ0n) is 12.6. The van der Waals surface area contributed by atoms with Crippen LogP contribution in [0.2, 0.25) is 0 Å². The van der Waals surface area contributed by atoms with Gasteiger partial charge in [-0.2, -0.15) is 0 Å². The smallest absolute Gasteiger partial charge is 0.252 e. The van der Waals surface area contributed by atoms with Crippen molar-refractivity contribution in [3.05, 3.63) is 17.0 Å². The van der Waals surface area contributed by atoms with E-state index < -0.39 is 10.0 Å². The van der Waals surface area contributed by atoms with Gasteiger partial charge in [0.1, 0.15) is 4.21 Å². The third-order valence-corrected chi connectivity index (χ3v) is 5.89. The van der Waals surface area contributed by atoms with E-state index >= 15 is 0 Å². The molecule has 0 aliphatic carbocycles. The molecule has 0 aliphatic rings. The Balaban J connectivity index is 2.64. The van der Waals surface area contributed by atoms with Crippen molar-refractivity contribution >= 4 is 27.3 Å². The Morgan fingerprint density at radius 2 is 1.90 bits per heavy atom. The second-order valence-electron chi connectivity index (χ2n) is 6.02. The summed E-state index contributed by atoms with van der Waals surface area (Å²) in [4.78, 5) is 12.5. The lowest BCUT2D eigenvalue weighted by molar-refractivity contribution is -0.122. The lowest BCUT2D eigenvalue weighted by Crippen LogP contribution is -2.26.